The van der Waals surface area contributed by atoms with Crippen LogP contribution in [-0.2, 0) is 14.8 Å². The molecule has 0 N–H and O–H groups in total. The van der Waals surface area contributed by atoms with Crippen LogP contribution in [0.2, 0.25) is 5.02 Å². The number of carbonyl (C=O) groups excluding carboxylic acids is 1. The van der Waals surface area contributed by atoms with Crippen molar-refractivity contribution in [1.29, 1.82) is 0 Å². The summed E-state index contributed by atoms with van der Waals surface area (Å²) in [5, 5.41) is 0.411. The SMILES string of the molecule is COc1cccc(C2CCCN2C(=O)CN(c2cccc(Cl)c2)S(C)(=O)=O)c1. The number of methoxy groups -OCH3 is 1. The Kier molecular flexibility index (Phi) is 6.15. The number of amides is 1. The molecule has 28 heavy (non-hydrogen) atoms. The summed E-state index contributed by atoms with van der Waals surface area (Å²) in [5.74, 6) is 0.490. The summed E-state index contributed by atoms with van der Waals surface area (Å²) >= 11 is 6.01. The highest BCUT2D eigenvalue weighted by atomic mass is 35.5. The van der Waals surface area contributed by atoms with Gasteiger partial charge in [-0.1, -0.05) is 29.8 Å². The Morgan fingerprint density at radius 2 is 2.00 bits per heavy atom. The molecule has 1 amide bonds. The van der Waals surface area contributed by atoms with Crippen molar-refractivity contribution in [3.63, 3.8) is 0 Å². The molecular weight excluding hydrogens is 400 g/mol. The topological polar surface area (TPSA) is 66.9 Å². The van der Waals surface area contributed by atoms with E-state index in [0.717, 1.165) is 34.7 Å². The van der Waals surface area contributed by atoms with Gasteiger partial charge in [-0.05, 0) is 48.7 Å². The summed E-state index contributed by atoms with van der Waals surface area (Å²) in [7, 11) is -2.04. The summed E-state index contributed by atoms with van der Waals surface area (Å²) < 4.78 is 31.0. The fourth-order valence-electron chi connectivity index (χ4n) is 3.51. The minimum absolute atomic E-state index is 0.0941. The van der Waals surface area contributed by atoms with E-state index < -0.39 is 10.0 Å². The predicted octanol–water partition coefficient (Wildman–Crippen LogP) is 3.48. The molecule has 3 rings (SSSR count). The molecule has 2 aromatic rings. The molecule has 0 spiro atoms. The van der Waals surface area contributed by atoms with E-state index >= 15 is 0 Å². The minimum atomic E-state index is -3.64. The van der Waals surface area contributed by atoms with Crippen LogP contribution in [0.4, 0.5) is 5.69 Å². The second kappa shape index (κ2) is 8.41. The number of sulfonamides is 1. The molecule has 1 aliphatic heterocycles. The molecule has 6 nitrogen and oxygen atoms in total. The lowest BCUT2D eigenvalue weighted by molar-refractivity contribution is -0.130. The van der Waals surface area contributed by atoms with Crippen LogP contribution in [0.1, 0.15) is 24.4 Å². The monoisotopic (exact) mass is 422 g/mol. The Balaban J connectivity index is 1.84. The normalized spacial score (nSPS) is 16.8. The van der Waals surface area contributed by atoms with Gasteiger partial charge in [0.15, 0.2) is 0 Å². The van der Waals surface area contributed by atoms with Gasteiger partial charge in [0.25, 0.3) is 0 Å². The highest BCUT2D eigenvalue weighted by Crippen LogP contribution is 2.34. The van der Waals surface area contributed by atoms with Crippen LogP contribution in [0.5, 0.6) is 5.75 Å². The zero-order valence-electron chi connectivity index (χ0n) is 15.8. The van der Waals surface area contributed by atoms with Gasteiger partial charge in [-0.25, -0.2) is 8.42 Å². The number of rotatable bonds is 6. The van der Waals surface area contributed by atoms with Crippen molar-refractivity contribution in [1.82, 2.24) is 4.90 Å². The summed E-state index contributed by atoms with van der Waals surface area (Å²) in [4.78, 5) is 14.8. The molecule has 0 saturated carbocycles. The fraction of sp³-hybridized carbons (Fsp3) is 0.350. The Morgan fingerprint density at radius 1 is 1.25 bits per heavy atom. The van der Waals surface area contributed by atoms with Gasteiger partial charge in [-0.3, -0.25) is 9.10 Å². The minimum Gasteiger partial charge on any atom is -0.497 e. The third-order valence-electron chi connectivity index (χ3n) is 4.83. The van der Waals surface area contributed by atoms with Crippen molar-refractivity contribution in [3.05, 3.63) is 59.1 Å². The van der Waals surface area contributed by atoms with Crippen molar-refractivity contribution in [2.24, 2.45) is 0 Å². The first-order valence-electron chi connectivity index (χ1n) is 8.96. The van der Waals surface area contributed by atoms with Gasteiger partial charge < -0.3 is 9.64 Å². The molecule has 2 aromatic carbocycles. The maximum atomic E-state index is 13.1. The van der Waals surface area contributed by atoms with Crippen molar-refractivity contribution in [3.8, 4) is 5.75 Å². The van der Waals surface area contributed by atoms with Gasteiger partial charge in [-0.2, -0.15) is 0 Å². The van der Waals surface area contributed by atoms with E-state index in [-0.39, 0.29) is 18.5 Å². The van der Waals surface area contributed by atoms with Crippen molar-refractivity contribution < 1.29 is 17.9 Å². The van der Waals surface area contributed by atoms with Gasteiger partial charge in [0.05, 0.1) is 25.1 Å². The molecule has 0 aromatic heterocycles. The number of likely N-dealkylation sites (tertiary alicyclic amines) is 1. The standard InChI is InChI=1S/C20H23ClN2O4S/c1-27-18-9-3-6-15(12-18)19-10-5-11-22(19)20(24)14-23(28(2,25)26)17-8-4-7-16(21)13-17/h3-4,6-9,12-13,19H,5,10-11,14H2,1-2H3. The number of hydrogen-bond donors (Lipinski definition) is 0. The van der Waals surface area contributed by atoms with Gasteiger partial charge in [-0.15, -0.1) is 0 Å². The average molecular weight is 423 g/mol. The maximum absolute atomic E-state index is 13.1. The highest BCUT2D eigenvalue weighted by Gasteiger charge is 2.32. The van der Waals surface area contributed by atoms with Crippen molar-refractivity contribution >= 4 is 33.2 Å². The molecule has 1 fully saturated rings. The molecule has 8 heteroatoms. The predicted molar refractivity (Wildman–Crippen MR) is 110 cm³/mol. The first-order valence-corrected chi connectivity index (χ1v) is 11.2. The average Bonchev–Trinajstić information content (AvgIpc) is 3.15. The number of benzene rings is 2. The Labute approximate surface area is 170 Å². The molecule has 150 valence electrons. The number of hydrogen-bond acceptors (Lipinski definition) is 4. The van der Waals surface area contributed by atoms with Crippen LogP contribution in [-0.4, -0.2) is 45.7 Å². The quantitative estimate of drug-likeness (QED) is 0.714. The van der Waals surface area contributed by atoms with Gasteiger partial charge in [0.2, 0.25) is 15.9 Å². The summed E-state index contributed by atoms with van der Waals surface area (Å²) in [5.41, 5.74) is 1.36. The van der Waals surface area contributed by atoms with Gasteiger partial charge in [0, 0.05) is 11.6 Å². The third kappa shape index (κ3) is 4.59. The van der Waals surface area contributed by atoms with E-state index in [4.69, 9.17) is 16.3 Å². The van der Waals surface area contributed by atoms with Crippen LogP contribution in [0, 0.1) is 0 Å². The second-order valence-corrected chi connectivity index (χ2v) is 9.11. The fourth-order valence-corrected chi connectivity index (χ4v) is 4.53. The van der Waals surface area contributed by atoms with E-state index in [0.29, 0.717) is 17.3 Å². The molecule has 1 saturated heterocycles. The van der Waals surface area contributed by atoms with E-state index in [1.165, 1.54) is 0 Å². The second-order valence-electron chi connectivity index (χ2n) is 6.77. The largest absolute Gasteiger partial charge is 0.497 e. The van der Waals surface area contributed by atoms with Crippen LogP contribution < -0.4 is 9.04 Å². The van der Waals surface area contributed by atoms with Crippen LogP contribution in [0.25, 0.3) is 0 Å². The lowest BCUT2D eigenvalue weighted by atomic mass is 10.0. The smallest absolute Gasteiger partial charge is 0.243 e. The number of carbonyl (C=O) groups is 1. The Bertz CT molecular complexity index is 964. The van der Waals surface area contributed by atoms with Gasteiger partial charge >= 0.3 is 0 Å². The van der Waals surface area contributed by atoms with Crippen molar-refractivity contribution in [2.75, 3.05) is 30.8 Å². The molecule has 0 aliphatic carbocycles. The molecule has 0 radical (unpaired) electrons. The van der Waals surface area contributed by atoms with E-state index in [1.807, 2.05) is 24.3 Å². The van der Waals surface area contributed by atoms with E-state index in [9.17, 15) is 13.2 Å². The molecule has 1 unspecified atom stereocenters. The first kappa shape index (κ1) is 20.5. The summed E-state index contributed by atoms with van der Waals surface area (Å²) in [6, 6.07) is 14.0. The molecule has 0 bridgehead atoms. The molecule has 1 heterocycles. The zero-order chi connectivity index (χ0) is 20.3. The first-order chi connectivity index (χ1) is 13.3. The number of anilines is 1. The van der Waals surface area contributed by atoms with Crippen LogP contribution in [0.15, 0.2) is 48.5 Å². The molecule has 1 atom stereocenters. The van der Waals surface area contributed by atoms with Crippen LogP contribution >= 0.6 is 11.6 Å². The molecular formula is C20H23ClN2O4S. The summed E-state index contributed by atoms with van der Waals surface area (Å²) in [6.07, 6.45) is 2.78. The van der Waals surface area contributed by atoms with Gasteiger partial charge in [0.1, 0.15) is 12.3 Å². The lowest BCUT2D eigenvalue weighted by Crippen LogP contribution is -2.42. The Hall–Kier alpha value is -2.25. The summed E-state index contributed by atoms with van der Waals surface area (Å²) in [6.45, 7) is 0.327. The zero-order valence-corrected chi connectivity index (χ0v) is 17.4. The maximum Gasteiger partial charge on any atom is 0.243 e. The Morgan fingerprint density at radius 3 is 2.68 bits per heavy atom. The number of nitrogens with zero attached hydrogens (tertiary/aromatic N) is 2. The van der Waals surface area contributed by atoms with E-state index in [2.05, 4.69) is 0 Å². The van der Waals surface area contributed by atoms with Crippen molar-refractivity contribution in [2.45, 2.75) is 18.9 Å². The number of halogens is 1. The highest BCUT2D eigenvalue weighted by molar-refractivity contribution is 7.92. The van der Waals surface area contributed by atoms with E-state index in [1.54, 1.807) is 36.3 Å². The molecule has 1 aliphatic rings. The lowest BCUT2D eigenvalue weighted by Gasteiger charge is -2.29. The third-order valence-corrected chi connectivity index (χ3v) is 6.20. The number of ether oxygens (including phenoxy) is 1. The van der Waals surface area contributed by atoms with Crippen LogP contribution in [0.3, 0.4) is 0 Å².